The molecule has 18 heavy (non-hydrogen) atoms. The first-order chi connectivity index (χ1) is 8.90. The zero-order valence-corrected chi connectivity index (χ0v) is 10.4. The molecule has 1 aliphatic carbocycles. The molecule has 1 N–H and O–H groups in total. The quantitative estimate of drug-likeness (QED) is 0.839. The minimum atomic E-state index is 0.740. The Labute approximate surface area is 107 Å². The molecule has 2 aromatic rings. The van der Waals surface area contributed by atoms with Crippen molar-refractivity contribution in [3.63, 3.8) is 0 Å². The number of hydrogen-bond donors (Lipinski definition) is 1. The molecule has 94 valence electrons. The summed E-state index contributed by atoms with van der Waals surface area (Å²) in [6.45, 7) is 1.83. The van der Waals surface area contributed by atoms with Crippen LogP contribution in [0.25, 0.3) is 0 Å². The summed E-state index contributed by atoms with van der Waals surface area (Å²) < 4.78 is 2.14. The number of aryl methyl sites for hydroxylation is 2. The third kappa shape index (κ3) is 3.17. The van der Waals surface area contributed by atoms with E-state index in [0.717, 1.165) is 36.9 Å². The lowest BCUT2D eigenvalue weighted by atomic mass is 10.3. The van der Waals surface area contributed by atoms with Crippen LogP contribution in [0.15, 0.2) is 36.9 Å². The summed E-state index contributed by atoms with van der Waals surface area (Å²) in [4.78, 5) is 8.73. The van der Waals surface area contributed by atoms with Gasteiger partial charge in [0.25, 0.3) is 0 Å². The minimum absolute atomic E-state index is 0.740. The van der Waals surface area contributed by atoms with E-state index in [1.807, 2.05) is 24.7 Å². The molecule has 4 nitrogen and oxygen atoms in total. The van der Waals surface area contributed by atoms with Gasteiger partial charge in [0.05, 0.1) is 12.0 Å². The van der Waals surface area contributed by atoms with Gasteiger partial charge in [-0.3, -0.25) is 4.98 Å². The van der Waals surface area contributed by atoms with Gasteiger partial charge in [0.1, 0.15) is 0 Å². The van der Waals surface area contributed by atoms with Crippen LogP contribution in [0.5, 0.6) is 0 Å². The molecule has 3 rings (SSSR count). The van der Waals surface area contributed by atoms with Gasteiger partial charge in [0.2, 0.25) is 0 Å². The Balaban J connectivity index is 1.50. The minimum Gasteiger partial charge on any atom is -0.337 e. The van der Waals surface area contributed by atoms with Gasteiger partial charge in [-0.25, -0.2) is 4.98 Å². The van der Waals surface area contributed by atoms with E-state index in [0.29, 0.717) is 0 Å². The lowest BCUT2D eigenvalue weighted by Crippen LogP contribution is -2.15. The van der Waals surface area contributed by atoms with E-state index in [2.05, 4.69) is 32.1 Å². The van der Waals surface area contributed by atoms with Gasteiger partial charge in [0, 0.05) is 43.6 Å². The molecule has 0 atom stereocenters. The zero-order valence-electron chi connectivity index (χ0n) is 10.4. The molecule has 2 aromatic heterocycles. The molecule has 1 aliphatic rings. The van der Waals surface area contributed by atoms with E-state index in [9.17, 15) is 0 Å². The largest absolute Gasteiger partial charge is 0.337 e. The molecule has 0 aliphatic heterocycles. The summed E-state index contributed by atoms with van der Waals surface area (Å²) in [6, 6.07) is 6.78. The highest BCUT2D eigenvalue weighted by atomic mass is 15.1. The molecule has 0 bridgehead atoms. The van der Waals surface area contributed by atoms with Crippen molar-refractivity contribution in [3.05, 3.63) is 48.3 Å². The summed E-state index contributed by atoms with van der Waals surface area (Å²) in [5.41, 5.74) is 2.26. The second kappa shape index (κ2) is 5.31. The fraction of sp³-hybridized carbons (Fsp3) is 0.429. The van der Waals surface area contributed by atoms with E-state index in [1.165, 1.54) is 12.8 Å². The molecule has 0 unspecified atom stereocenters. The Bertz CT molecular complexity index is 488. The maximum atomic E-state index is 4.41. The van der Waals surface area contributed by atoms with E-state index in [-0.39, 0.29) is 0 Å². The molecular formula is C14H18N4. The predicted molar refractivity (Wildman–Crippen MR) is 70.0 cm³/mol. The van der Waals surface area contributed by atoms with Gasteiger partial charge in [0.15, 0.2) is 0 Å². The summed E-state index contributed by atoms with van der Waals surface area (Å²) in [6.07, 6.45) is 9.47. The number of pyridine rings is 1. The summed E-state index contributed by atoms with van der Waals surface area (Å²) in [5, 5.41) is 3.47. The monoisotopic (exact) mass is 242 g/mol. The Kier molecular flexibility index (Phi) is 3.37. The van der Waals surface area contributed by atoms with Crippen LogP contribution in [0.3, 0.4) is 0 Å². The van der Waals surface area contributed by atoms with Crippen molar-refractivity contribution in [3.8, 4) is 0 Å². The highest BCUT2D eigenvalue weighted by Crippen LogP contribution is 2.18. The van der Waals surface area contributed by atoms with Crippen molar-refractivity contribution in [1.29, 1.82) is 0 Å². The number of rotatable bonds is 6. The van der Waals surface area contributed by atoms with Crippen molar-refractivity contribution in [1.82, 2.24) is 19.9 Å². The first-order valence-corrected chi connectivity index (χ1v) is 6.54. The van der Waals surface area contributed by atoms with Crippen LogP contribution < -0.4 is 5.32 Å². The maximum absolute atomic E-state index is 4.41. The Morgan fingerprint density at radius 3 is 2.94 bits per heavy atom. The van der Waals surface area contributed by atoms with Crippen LogP contribution in [-0.2, 0) is 19.5 Å². The third-order valence-corrected chi connectivity index (χ3v) is 3.19. The molecular weight excluding hydrogens is 224 g/mol. The normalized spacial score (nSPS) is 14.9. The highest BCUT2D eigenvalue weighted by Gasteiger charge is 2.20. The number of nitrogens with zero attached hydrogens (tertiary/aromatic N) is 3. The first-order valence-electron chi connectivity index (χ1n) is 6.54. The summed E-state index contributed by atoms with van der Waals surface area (Å²) >= 11 is 0. The Hall–Kier alpha value is -1.68. The molecule has 0 aromatic carbocycles. The van der Waals surface area contributed by atoms with Crippen LogP contribution in [0.2, 0.25) is 0 Å². The lowest BCUT2D eigenvalue weighted by Gasteiger charge is -2.01. The van der Waals surface area contributed by atoms with Gasteiger partial charge < -0.3 is 9.88 Å². The van der Waals surface area contributed by atoms with Gasteiger partial charge in [-0.15, -0.1) is 0 Å². The molecule has 0 radical (unpaired) electrons. The van der Waals surface area contributed by atoms with Gasteiger partial charge >= 0.3 is 0 Å². The highest BCUT2D eigenvalue weighted by molar-refractivity contribution is 5.04. The molecule has 0 amide bonds. The third-order valence-electron chi connectivity index (χ3n) is 3.19. The number of imidazole rings is 1. The van der Waals surface area contributed by atoms with E-state index in [4.69, 9.17) is 0 Å². The summed E-state index contributed by atoms with van der Waals surface area (Å²) in [7, 11) is 0. The van der Waals surface area contributed by atoms with Gasteiger partial charge in [-0.2, -0.15) is 0 Å². The second-order valence-corrected chi connectivity index (χ2v) is 4.83. The van der Waals surface area contributed by atoms with Crippen molar-refractivity contribution >= 4 is 0 Å². The predicted octanol–water partition coefficient (Wildman–Crippen LogP) is 1.77. The average Bonchev–Trinajstić information content (AvgIpc) is 3.14. The van der Waals surface area contributed by atoms with Crippen LogP contribution >= 0.6 is 0 Å². The van der Waals surface area contributed by atoms with E-state index >= 15 is 0 Å². The molecule has 2 heterocycles. The lowest BCUT2D eigenvalue weighted by molar-refractivity contribution is 0.668. The Morgan fingerprint density at radius 2 is 2.17 bits per heavy atom. The zero-order chi connectivity index (χ0) is 12.2. The number of aromatic nitrogens is 3. The van der Waals surface area contributed by atoms with Crippen LogP contribution in [0.4, 0.5) is 0 Å². The van der Waals surface area contributed by atoms with Crippen LogP contribution in [0, 0.1) is 0 Å². The number of hydrogen-bond acceptors (Lipinski definition) is 3. The smallest absolute Gasteiger partial charge is 0.0950 e. The van der Waals surface area contributed by atoms with Crippen molar-refractivity contribution in [2.75, 3.05) is 0 Å². The summed E-state index contributed by atoms with van der Waals surface area (Å²) in [5.74, 6) is 0. The molecule has 4 heteroatoms. The maximum Gasteiger partial charge on any atom is 0.0950 e. The van der Waals surface area contributed by atoms with Gasteiger partial charge in [-0.05, 0) is 25.0 Å². The van der Waals surface area contributed by atoms with Crippen LogP contribution in [0.1, 0.15) is 24.2 Å². The van der Waals surface area contributed by atoms with Crippen molar-refractivity contribution in [2.24, 2.45) is 0 Å². The fourth-order valence-electron chi connectivity index (χ4n) is 1.95. The fourth-order valence-corrected chi connectivity index (χ4v) is 1.95. The molecule has 0 saturated heterocycles. The standard InChI is InChI=1S/C14H18N4/c1-2-7-15-12(3-1)6-8-18-10-14(17-11-18)9-16-13-4-5-13/h1-3,7,10-11,13,16H,4-6,8-9H2. The average molecular weight is 242 g/mol. The number of nitrogens with one attached hydrogen (secondary N) is 1. The topological polar surface area (TPSA) is 42.7 Å². The van der Waals surface area contributed by atoms with Crippen molar-refractivity contribution < 1.29 is 0 Å². The van der Waals surface area contributed by atoms with E-state index in [1.54, 1.807) is 0 Å². The second-order valence-electron chi connectivity index (χ2n) is 4.83. The van der Waals surface area contributed by atoms with Crippen molar-refractivity contribution in [2.45, 2.75) is 38.4 Å². The first kappa shape index (κ1) is 11.4. The SMILES string of the molecule is c1ccc(CCn2cnc(CNC3CC3)c2)nc1. The molecule has 1 saturated carbocycles. The van der Waals surface area contributed by atoms with E-state index < -0.39 is 0 Å². The molecule has 0 spiro atoms. The molecule has 1 fully saturated rings. The van der Waals surface area contributed by atoms with Crippen LogP contribution in [-0.4, -0.2) is 20.6 Å². The van der Waals surface area contributed by atoms with Gasteiger partial charge in [-0.1, -0.05) is 6.07 Å². The Morgan fingerprint density at radius 1 is 1.22 bits per heavy atom.